The highest BCUT2D eigenvalue weighted by molar-refractivity contribution is 4.72. The van der Waals surface area contributed by atoms with Crippen molar-refractivity contribution in [3.05, 3.63) is 0 Å². The highest BCUT2D eigenvalue weighted by Gasteiger charge is 2.16. The lowest BCUT2D eigenvalue weighted by Crippen LogP contribution is -2.41. The summed E-state index contributed by atoms with van der Waals surface area (Å²) in [4.78, 5) is 12.7. The molecule has 0 aromatic carbocycles. The van der Waals surface area contributed by atoms with Crippen LogP contribution < -0.4 is 5.32 Å². The molecule has 0 amide bonds. The van der Waals surface area contributed by atoms with E-state index >= 15 is 0 Å². The smallest absolute Gasteiger partial charge is 0.0110 e. The summed E-state index contributed by atoms with van der Waals surface area (Å²) in [6, 6.07) is 3.81. The zero-order chi connectivity index (χ0) is 32.7. The lowest BCUT2D eigenvalue weighted by Gasteiger charge is -2.34. The van der Waals surface area contributed by atoms with Crippen LogP contribution in [0.1, 0.15) is 140 Å². The first-order valence-corrected chi connectivity index (χ1v) is 19.4. The van der Waals surface area contributed by atoms with Crippen LogP contribution in [0, 0.1) is 0 Å². The molecule has 5 aliphatic rings. The maximum Gasteiger partial charge on any atom is 0.0110 e. The fourth-order valence-corrected chi connectivity index (χ4v) is 6.54. The SMILES string of the molecule is CC(C)N1CCC1.CC(C)N1CCCCC1.CC(C)N1CCCCC1.CC(C)N1CCCCC1.CC(C)N1CCCNCC1. The number of nitrogens with zero attached hydrogens (tertiary/aromatic N) is 5. The molecular formula is C38H82N6. The second-order valence-electron chi connectivity index (χ2n) is 15.3. The maximum absolute atomic E-state index is 3.39. The van der Waals surface area contributed by atoms with Crippen molar-refractivity contribution in [1.82, 2.24) is 29.8 Å². The van der Waals surface area contributed by atoms with Crippen LogP contribution in [0.25, 0.3) is 0 Å². The van der Waals surface area contributed by atoms with Crippen LogP contribution >= 0.6 is 0 Å². The number of piperidine rings is 3. The molecule has 5 rings (SSSR count). The number of likely N-dealkylation sites (tertiary alicyclic amines) is 4. The predicted molar refractivity (Wildman–Crippen MR) is 197 cm³/mol. The molecule has 6 heteroatoms. The molecule has 5 fully saturated rings. The third-order valence-electron chi connectivity index (χ3n) is 10.1. The highest BCUT2D eigenvalue weighted by Crippen LogP contribution is 2.13. The Kier molecular flexibility index (Phi) is 24.5. The lowest BCUT2D eigenvalue weighted by atomic mass is 10.1. The molecule has 5 heterocycles. The van der Waals surface area contributed by atoms with Crippen molar-refractivity contribution in [2.45, 2.75) is 170 Å². The number of nitrogens with one attached hydrogen (secondary N) is 1. The van der Waals surface area contributed by atoms with Gasteiger partial charge in [0.25, 0.3) is 0 Å². The maximum atomic E-state index is 3.39. The molecule has 0 unspecified atom stereocenters. The molecule has 5 aliphatic heterocycles. The Morgan fingerprint density at radius 2 is 0.523 bits per heavy atom. The van der Waals surface area contributed by atoms with E-state index < -0.39 is 0 Å². The number of rotatable bonds is 5. The average molecular weight is 623 g/mol. The van der Waals surface area contributed by atoms with E-state index in [1.54, 1.807) is 0 Å². The van der Waals surface area contributed by atoms with E-state index in [2.05, 4.69) is 99.1 Å². The van der Waals surface area contributed by atoms with Crippen molar-refractivity contribution in [2.75, 3.05) is 78.5 Å². The first kappa shape index (κ1) is 41.8. The Morgan fingerprint density at radius 1 is 0.273 bits per heavy atom. The fourth-order valence-electron chi connectivity index (χ4n) is 6.54. The Morgan fingerprint density at radius 3 is 0.750 bits per heavy atom. The zero-order valence-corrected chi connectivity index (χ0v) is 31.9. The number of hydrogen-bond acceptors (Lipinski definition) is 6. The van der Waals surface area contributed by atoms with Crippen LogP contribution in [0.3, 0.4) is 0 Å². The third-order valence-corrected chi connectivity index (χ3v) is 10.1. The van der Waals surface area contributed by atoms with Crippen LogP contribution in [-0.4, -0.2) is 133 Å². The van der Waals surface area contributed by atoms with Gasteiger partial charge in [-0.2, -0.15) is 0 Å². The number of hydrogen-bond donors (Lipinski definition) is 1. The molecule has 0 spiro atoms. The molecular weight excluding hydrogens is 540 g/mol. The molecule has 0 bridgehead atoms. The molecule has 0 aromatic heterocycles. The molecule has 6 nitrogen and oxygen atoms in total. The lowest BCUT2D eigenvalue weighted by molar-refractivity contribution is 0.138. The van der Waals surface area contributed by atoms with Crippen molar-refractivity contribution in [1.29, 1.82) is 0 Å². The van der Waals surface area contributed by atoms with Gasteiger partial charge in [0.1, 0.15) is 0 Å². The summed E-state index contributed by atoms with van der Waals surface area (Å²) >= 11 is 0. The van der Waals surface area contributed by atoms with Crippen LogP contribution in [0.15, 0.2) is 0 Å². The summed E-state index contributed by atoms with van der Waals surface area (Å²) in [6.07, 6.45) is 15.6. The minimum Gasteiger partial charge on any atom is -0.315 e. The average Bonchev–Trinajstić information content (AvgIpc) is 3.29. The van der Waals surface area contributed by atoms with Gasteiger partial charge in [-0.1, -0.05) is 19.3 Å². The van der Waals surface area contributed by atoms with E-state index in [0.717, 1.165) is 36.8 Å². The standard InChI is InChI=1S/C8H18N2.3C8H17N.C6H13N/c1-8(2)10-6-3-4-9-5-7-10;3*1-8(2)9-6-4-3-5-7-9;1-6(2)7-4-3-5-7/h8-9H,3-7H2,1-2H3;3*8H,3-7H2,1-2H3;6H,3-5H2,1-2H3. The van der Waals surface area contributed by atoms with Gasteiger partial charge in [0.05, 0.1) is 0 Å². The van der Waals surface area contributed by atoms with Crippen molar-refractivity contribution in [2.24, 2.45) is 0 Å². The van der Waals surface area contributed by atoms with Gasteiger partial charge in [-0.25, -0.2) is 0 Å². The largest absolute Gasteiger partial charge is 0.315 e. The summed E-state index contributed by atoms with van der Waals surface area (Å²) in [7, 11) is 0. The highest BCUT2D eigenvalue weighted by atomic mass is 15.2. The minimum absolute atomic E-state index is 0.722. The van der Waals surface area contributed by atoms with Crippen molar-refractivity contribution in [3.63, 3.8) is 0 Å². The topological polar surface area (TPSA) is 28.2 Å². The van der Waals surface area contributed by atoms with Gasteiger partial charge < -0.3 is 24.9 Å². The van der Waals surface area contributed by atoms with E-state index in [-0.39, 0.29) is 0 Å². The van der Waals surface area contributed by atoms with E-state index in [4.69, 9.17) is 0 Å². The quantitative estimate of drug-likeness (QED) is 0.343. The van der Waals surface area contributed by atoms with Crippen LogP contribution in [0.5, 0.6) is 0 Å². The first-order chi connectivity index (χ1) is 21.0. The molecule has 0 atom stereocenters. The Hall–Kier alpha value is -0.240. The molecule has 264 valence electrons. The minimum atomic E-state index is 0.722. The second-order valence-corrected chi connectivity index (χ2v) is 15.3. The molecule has 0 saturated carbocycles. The first-order valence-electron chi connectivity index (χ1n) is 19.4. The van der Waals surface area contributed by atoms with Gasteiger partial charge in [-0.3, -0.25) is 4.90 Å². The molecule has 44 heavy (non-hydrogen) atoms. The zero-order valence-electron chi connectivity index (χ0n) is 31.9. The molecule has 5 saturated heterocycles. The second kappa shape index (κ2) is 25.8. The molecule has 0 radical (unpaired) electrons. The Bertz CT molecular complexity index is 555. The van der Waals surface area contributed by atoms with Crippen LogP contribution in [0.2, 0.25) is 0 Å². The van der Waals surface area contributed by atoms with Crippen LogP contribution in [0.4, 0.5) is 0 Å². The Labute approximate surface area is 278 Å². The predicted octanol–water partition coefficient (Wildman–Crippen LogP) is 7.43. The van der Waals surface area contributed by atoms with Gasteiger partial charge in [-0.05, 0) is 186 Å². The molecule has 1 N–H and O–H groups in total. The van der Waals surface area contributed by atoms with E-state index in [0.29, 0.717) is 0 Å². The monoisotopic (exact) mass is 623 g/mol. The molecule has 0 aliphatic carbocycles. The van der Waals surface area contributed by atoms with Crippen LogP contribution in [-0.2, 0) is 0 Å². The van der Waals surface area contributed by atoms with Gasteiger partial charge >= 0.3 is 0 Å². The van der Waals surface area contributed by atoms with Crippen molar-refractivity contribution in [3.8, 4) is 0 Å². The fraction of sp³-hybridized carbons (Fsp3) is 1.00. The summed E-state index contributed by atoms with van der Waals surface area (Å²) in [6.45, 7) is 38.2. The van der Waals surface area contributed by atoms with Gasteiger partial charge in [0.15, 0.2) is 0 Å². The van der Waals surface area contributed by atoms with Gasteiger partial charge in [-0.15, -0.1) is 0 Å². The van der Waals surface area contributed by atoms with E-state index in [1.165, 1.54) is 143 Å². The van der Waals surface area contributed by atoms with Crippen molar-refractivity contribution >= 4 is 0 Å². The molecule has 0 aromatic rings. The normalized spacial score (nSPS) is 23.0. The van der Waals surface area contributed by atoms with Gasteiger partial charge in [0.2, 0.25) is 0 Å². The van der Waals surface area contributed by atoms with E-state index in [1.807, 2.05) is 0 Å². The van der Waals surface area contributed by atoms with Gasteiger partial charge in [0, 0.05) is 43.3 Å². The third kappa shape index (κ3) is 20.1. The van der Waals surface area contributed by atoms with E-state index in [9.17, 15) is 0 Å². The summed E-state index contributed by atoms with van der Waals surface area (Å²) in [5, 5.41) is 3.39. The Balaban J connectivity index is 0.000000276. The van der Waals surface area contributed by atoms with Crippen molar-refractivity contribution < 1.29 is 0 Å². The summed E-state index contributed by atoms with van der Waals surface area (Å²) in [5.74, 6) is 0. The summed E-state index contributed by atoms with van der Waals surface area (Å²) < 4.78 is 0. The summed E-state index contributed by atoms with van der Waals surface area (Å²) in [5.41, 5.74) is 0.